The summed E-state index contributed by atoms with van der Waals surface area (Å²) in [7, 11) is -3.96. The molecule has 3 fully saturated rings. The van der Waals surface area contributed by atoms with Crippen LogP contribution in [0.1, 0.15) is 46.5 Å². The van der Waals surface area contributed by atoms with Gasteiger partial charge in [-0.3, -0.25) is 4.79 Å². The van der Waals surface area contributed by atoms with Crippen molar-refractivity contribution in [3.8, 4) is 11.8 Å². The minimum atomic E-state index is -3.96. The number of benzene rings is 1. The second-order valence-corrected chi connectivity index (χ2v) is 13.1. The SMILES string of the molecule is CC(C)(C)OC(=O)N1C[C@H](S(=O)(=O)c2ccc(OC3COC3)cc2Cl)CC1CC(=O)NC1(C#N)CC1. The third kappa shape index (κ3) is 5.88. The van der Waals surface area contributed by atoms with Gasteiger partial charge in [-0.05, 0) is 52.2 Å². The lowest BCUT2D eigenvalue weighted by molar-refractivity contribution is -0.122. The average Bonchev–Trinajstić information content (AvgIpc) is 3.37. The standard InChI is InChI=1S/C24H30ClN3O7S/c1-23(2,3)35-22(30)28-11-18(8-15(28)9-21(29)27-24(14-26)6-7-24)36(31,32)20-5-4-16(10-19(20)25)34-17-12-33-13-17/h4-5,10,15,17-18H,6-9,11-13H2,1-3H3,(H,27,29)/t15?,18-/m1/s1. The highest BCUT2D eigenvalue weighted by Gasteiger charge is 2.48. The van der Waals surface area contributed by atoms with E-state index >= 15 is 0 Å². The topological polar surface area (TPSA) is 135 Å². The molecular formula is C24H30ClN3O7S. The van der Waals surface area contributed by atoms with Gasteiger partial charge in [0, 0.05) is 25.1 Å². The van der Waals surface area contributed by atoms with Crippen molar-refractivity contribution in [2.24, 2.45) is 0 Å². The van der Waals surface area contributed by atoms with Crippen LogP contribution in [0.4, 0.5) is 4.79 Å². The summed E-state index contributed by atoms with van der Waals surface area (Å²) in [6.07, 6.45) is 0.235. The van der Waals surface area contributed by atoms with E-state index in [2.05, 4.69) is 11.4 Å². The van der Waals surface area contributed by atoms with Crippen molar-refractivity contribution in [2.75, 3.05) is 19.8 Å². The van der Waals surface area contributed by atoms with Crippen molar-refractivity contribution in [1.82, 2.24) is 10.2 Å². The van der Waals surface area contributed by atoms with Crippen LogP contribution >= 0.6 is 11.6 Å². The van der Waals surface area contributed by atoms with Crippen molar-refractivity contribution in [2.45, 2.75) is 79.9 Å². The number of sulfone groups is 1. The molecule has 0 spiro atoms. The first-order chi connectivity index (χ1) is 16.8. The van der Waals surface area contributed by atoms with Gasteiger partial charge in [0.15, 0.2) is 9.84 Å². The Kier molecular flexibility index (Phi) is 7.16. The number of nitriles is 1. The molecule has 2 amide bonds. The van der Waals surface area contributed by atoms with Crippen LogP contribution in [0.25, 0.3) is 0 Å². The molecule has 3 aliphatic rings. The van der Waals surface area contributed by atoms with Gasteiger partial charge in [0.1, 0.15) is 23.0 Å². The molecule has 2 atom stereocenters. The first kappa shape index (κ1) is 26.5. The second-order valence-electron chi connectivity index (χ2n) is 10.5. The van der Waals surface area contributed by atoms with Gasteiger partial charge < -0.3 is 24.4 Å². The molecule has 196 valence electrons. The molecule has 2 saturated heterocycles. The van der Waals surface area contributed by atoms with E-state index in [0.717, 1.165) is 0 Å². The second kappa shape index (κ2) is 9.72. The predicted octanol–water partition coefficient (Wildman–Crippen LogP) is 2.83. The average molecular weight is 540 g/mol. The lowest BCUT2D eigenvalue weighted by atomic mass is 10.1. The van der Waals surface area contributed by atoms with Gasteiger partial charge in [-0.15, -0.1) is 0 Å². The molecule has 2 heterocycles. The van der Waals surface area contributed by atoms with Crippen LogP contribution in [0, 0.1) is 11.3 Å². The summed E-state index contributed by atoms with van der Waals surface area (Å²) in [6, 6.07) is 5.77. The lowest BCUT2D eigenvalue weighted by Crippen LogP contribution is -2.44. The van der Waals surface area contributed by atoms with Gasteiger partial charge in [0.25, 0.3) is 0 Å². The summed E-state index contributed by atoms with van der Waals surface area (Å²) in [4.78, 5) is 26.8. The van der Waals surface area contributed by atoms with E-state index in [0.29, 0.717) is 31.8 Å². The molecule has 1 N–H and O–H groups in total. The summed E-state index contributed by atoms with van der Waals surface area (Å²) in [6.45, 7) is 5.90. The molecule has 2 aliphatic heterocycles. The van der Waals surface area contributed by atoms with Crippen molar-refractivity contribution < 1.29 is 32.2 Å². The quantitative estimate of drug-likeness (QED) is 0.559. The Morgan fingerprint density at radius 2 is 2.00 bits per heavy atom. The number of amides is 2. The van der Waals surface area contributed by atoms with Gasteiger partial charge in [-0.2, -0.15) is 5.26 Å². The highest BCUT2D eigenvalue weighted by molar-refractivity contribution is 7.92. The molecule has 1 unspecified atom stereocenters. The molecule has 0 radical (unpaired) electrons. The normalized spacial score (nSPS) is 23.4. The number of carbonyl (C=O) groups is 2. The Labute approximate surface area is 215 Å². The van der Waals surface area contributed by atoms with Crippen LogP contribution in [0.3, 0.4) is 0 Å². The number of hydrogen-bond acceptors (Lipinski definition) is 8. The van der Waals surface area contributed by atoms with E-state index in [9.17, 15) is 23.3 Å². The first-order valence-electron chi connectivity index (χ1n) is 11.8. The maximum Gasteiger partial charge on any atom is 0.410 e. The fourth-order valence-electron chi connectivity index (χ4n) is 4.20. The van der Waals surface area contributed by atoms with E-state index in [4.69, 9.17) is 25.8 Å². The first-order valence-corrected chi connectivity index (χ1v) is 13.7. The summed E-state index contributed by atoms with van der Waals surface area (Å²) in [5, 5.41) is 11.0. The number of hydrogen-bond donors (Lipinski definition) is 1. The van der Waals surface area contributed by atoms with Gasteiger partial charge >= 0.3 is 6.09 Å². The maximum absolute atomic E-state index is 13.6. The molecule has 0 bridgehead atoms. The zero-order valence-corrected chi connectivity index (χ0v) is 22.0. The predicted molar refractivity (Wildman–Crippen MR) is 129 cm³/mol. The molecule has 1 saturated carbocycles. The molecule has 10 nitrogen and oxygen atoms in total. The van der Waals surface area contributed by atoms with Crippen LogP contribution in [-0.4, -0.2) is 73.6 Å². The molecule has 4 rings (SSSR count). The van der Waals surface area contributed by atoms with E-state index in [1.54, 1.807) is 26.8 Å². The highest BCUT2D eigenvalue weighted by Crippen LogP contribution is 2.37. The Morgan fingerprint density at radius 3 is 2.53 bits per heavy atom. The fraction of sp³-hybridized carbons (Fsp3) is 0.625. The number of rotatable bonds is 7. The number of likely N-dealkylation sites (tertiary alicyclic amines) is 1. The number of nitrogens with one attached hydrogen (secondary N) is 1. The van der Waals surface area contributed by atoms with Crippen molar-refractivity contribution in [3.63, 3.8) is 0 Å². The zero-order valence-electron chi connectivity index (χ0n) is 20.5. The van der Waals surface area contributed by atoms with Gasteiger partial charge in [-0.1, -0.05) is 11.6 Å². The number of carbonyl (C=O) groups excluding carboxylic acids is 2. The summed E-state index contributed by atoms with van der Waals surface area (Å²) in [5.74, 6) is 0.0280. The van der Waals surface area contributed by atoms with E-state index < -0.39 is 44.3 Å². The minimum Gasteiger partial charge on any atom is -0.486 e. The van der Waals surface area contributed by atoms with Crippen LogP contribution in [0.2, 0.25) is 5.02 Å². The molecular weight excluding hydrogens is 510 g/mol. The molecule has 1 aromatic carbocycles. The monoisotopic (exact) mass is 539 g/mol. The van der Waals surface area contributed by atoms with Crippen molar-refractivity contribution in [1.29, 1.82) is 5.26 Å². The minimum absolute atomic E-state index is 0.0162. The Morgan fingerprint density at radius 1 is 1.31 bits per heavy atom. The Hall–Kier alpha value is -2.55. The molecule has 1 aliphatic carbocycles. The smallest absolute Gasteiger partial charge is 0.410 e. The molecule has 0 aromatic heterocycles. The molecule has 1 aromatic rings. The van der Waals surface area contributed by atoms with E-state index in [1.165, 1.54) is 17.0 Å². The van der Waals surface area contributed by atoms with Crippen molar-refractivity contribution >= 4 is 33.4 Å². The summed E-state index contributed by atoms with van der Waals surface area (Å²) in [5.41, 5.74) is -1.66. The lowest BCUT2D eigenvalue weighted by Gasteiger charge is -2.28. The summed E-state index contributed by atoms with van der Waals surface area (Å²) >= 11 is 6.35. The largest absolute Gasteiger partial charge is 0.486 e. The number of nitrogens with zero attached hydrogens (tertiary/aromatic N) is 2. The fourth-order valence-corrected chi connectivity index (χ4v) is 6.47. The van der Waals surface area contributed by atoms with Crippen LogP contribution in [0.15, 0.2) is 23.1 Å². The highest BCUT2D eigenvalue weighted by atomic mass is 35.5. The van der Waals surface area contributed by atoms with Crippen LogP contribution in [0.5, 0.6) is 5.75 Å². The van der Waals surface area contributed by atoms with Crippen LogP contribution in [-0.2, 0) is 24.1 Å². The van der Waals surface area contributed by atoms with Gasteiger partial charge in [0.05, 0.1) is 34.5 Å². The number of halogens is 1. The van der Waals surface area contributed by atoms with Gasteiger partial charge in [0.2, 0.25) is 5.91 Å². The zero-order chi connectivity index (χ0) is 26.3. The van der Waals surface area contributed by atoms with Crippen LogP contribution < -0.4 is 10.1 Å². The maximum atomic E-state index is 13.6. The van der Waals surface area contributed by atoms with Crippen molar-refractivity contribution in [3.05, 3.63) is 23.2 Å². The van der Waals surface area contributed by atoms with E-state index in [-0.39, 0.29) is 35.4 Å². The number of ether oxygens (including phenoxy) is 3. The van der Waals surface area contributed by atoms with Gasteiger partial charge in [-0.25, -0.2) is 13.2 Å². The summed E-state index contributed by atoms with van der Waals surface area (Å²) < 4.78 is 43.4. The third-order valence-electron chi connectivity index (χ3n) is 6.33. The van der Waals surface area contributed by atoms with E-state index in [1.807, 2.05) is 0 Å². The molecule has 12 heteroatoms. The Balaban J connectivity index is 1.52. The Bertz CT molecular complexity index is 1180. The third-order valence-corrected chi connectivity index (χ3v) is 8.94. The molecule has 36 heavy (non-hydrogen) atoms.